The van der Waals surface area contributed by atoms with Gasteiger partial charge in [-0.1, -0.05) is 5.92 Å². The second-order valence-corrected chi connectivity index (χ2v) is 3.36. The predicted molar refractivity (Wildman–Crippen MR) is 50.0 cm³/mol. The molecule has 0 aliphatic carbocycles. The van der Waals surface area contributed by atoms with Crippen molar-refractivity contribution in [3.05, 3.63) is 0 Å². The van der Waals surface area contributed by atoms with Crippen molar-refractivity contribution < 1.29 is 9.53 Å². The quantitative estimate of drug-likeness (QED) is 0.310. The van der Waals surface area contributed by atoms with Crippen LogP contribution in [0.1, 0.15) is 12.8 Å². The summed E-state index contributed by atoms with van der Waals surface area (Å²) in [5, 5.41) is 0. The van der Waals surface area contributed by atoms with E-state index in [9.17, 15) is 4.79 Å². The molecule has 0 radical (unpaired) electrons. The van der Waals surface area contributed by atoms with Crippen LogP contribution in [-0.4, -0.2) is 38.1 Å². The Morgan fingerprint density at radius 3 is 3.00 bits per heavy atom. The van der Waals surface area contributed by atoms with Crippen LogP contribution in [0.4, 0.5) is 0 Å². The van der Waals surface area contributed by atoms with Crippen LogP contribution in [0.25, 0.3) is 0 Å². The lowest BCUT2D eigenvalue weighted by Gasteiger charge is -2.26. The van der Waals surface area contributed by atoms with Gasteiger partial charge in [-0.2, -0.15) is 0 Å². The topological polar surface area (TPSA) is 29.5 Å². The van der Waals surface area contributed by atoms with Crippen molar-refractivity contribution in [3.8, 4) is 11.8 Å². The van der Waals surface area contributed by atoms with E-state index in [2.05, 4.69) is 28.5 Å². The maximum absolute atomic E-state index is 10.7. The van der Waals surface area contributed by atoms with E-state index in [1.807, 2.05) is 0 Å². The fourth-order valence-electron chi connectivity index (χ4n) is 1.50. The van der Waals surface area contributed by atoms with Crippen molar-refractivity contribution in [3.63, 3.8) is 0 Å². The van der Waals surface area contributed by atoms with Gasteiger partial charge in [0, 0.05) is 18.4 Å². The molecule has 1 unspecified atom stereocenters. The molecular weight excluding hydrogens is 166 g/mol. The highest BCUT2D eigenvalue weighted by atomic mass is 16.5. The molecule has 0 aromatic carbocycles. The normalized spacial score (nSPS) is 23.1. The number of nitrogens with zero attached hydrogens (tertiary/aromatic N) is 1. The number of methoxy groups -OCH3 is 1. The Bertz CT molecular complexity index is 239. The average Bonchev–Trinajstić information content (AvgIpc) is 2.14. The lowest BCUT2D eigenvalue weighted by Crippen LogP contribution is -2.31. The second-order valence-electron chi connectivity index (χ2n) is 3.36. The lowest BCUT2D eigenvalue weighted by molar-refractivity contribution is -0.133. The number of piperidine rings is 1. The van der Waals surface area contributed by atoms with Crippen molar-refractivity contribution in [1.82, 2.24) is 4.90 Å². The number of ether oxygens (including phenoxy) is 1. The standard InChI is InChI=1S/C10H15NO2/c1-11-7-3-4-9(8-11)5-6-10(12)13-2/h9H,3-4,7-8H2,1-2H3. The van der Waals surface area contributed by atoms with E-state index in [-0.39, 0.29) is 0 Å². The first-order valence-electron chi connectivity index (χ1n) is 4.50. The fourth-order valence-corrected chi connectivity index (χ4v) is 1.50. The molecule has 1 saturated heterocycles. The minimum atomic E-state index is -0.437. The van der Waals surface area contributed by atoms with Crippen molar-refractivity contribution in [2.45, 2.75) is 12.8 Å². The highest BCUT2D eigenvalue weighted by Crippen LogP contribution is 2.13. The van der Waals surface area contributed by atoms with E-state index in [0.29, 0.717) is 5.92 Å². The van der Waals surface area contributed by atoms with Crippen LogP contribution in [0.2, 0.25) is 0 Å². The Hall–Kier alpha value is -1.01. The Labute approximate surface area is 79.1 Å². The van der Waals surface area contributed by atoms with Crippen LogP contribution in [-0.2, 0) is 9.53 Å². The summed E-state index contributed by atoms with van der Waals surface area (Å²) in [6.45, 7) is 2.10. The molecule has 0 amide bonds. The number of carbonyl (C=O) groups excluding carboxylic acids is 1. The van der Waals surface area contributed by atoms with Gasteiger partial charge in [-0.25, -0.2) is 4.79 Å². The van der Waals surface area contributed by atoms with Gasteiger partial charge in [0.25, 0.3) is 0 Å². The third-order valence-electron chi connectivity index (χ3n) is 2.19. The number of carbonyl (C=O) groups is 1. The zero-order valence-corrected chi connectivity index (χ0v) is 8.17. The molecule has 1 rings (SSSR count). The molecular formula is C10H15NO2. The van der Waals surface area contributed by atoms with Gasteiger partial charge in [0.15, 0.2) is 0 Å². The number of hydrogen-bond acceptors (Lipinski definition) is 3. The summed E-state index contributed by atoms with van der Waals surface area (Å²) in [7, 11) is 3.43. The highest BCUT2D eigenvalue weighted by molar-refractivity contribution is 5.88. The number of esters is 1. The van der Waals surface area contributed by atoms with Crippen LogP contribution < -0.4 is 0 Å². The first-order chi connectivity index (χ1) is 6.22. The second kappa shape index (κ2) is 4.88. The first-order valence-corrected chi connectivity index (χ1v) is 4.50. The van der Waals surface area contributed by atoms with Crippen molar-refractivity contribution in [1.29, 1.82) is 0 Å². The predicted octanol–water partition coefficient (Wildman–Crippen LogP) is 0.505. The smallest absolute Gasteiger partial charge is 0.384 e. The largest absolute Gasteiger partial charge is 0.459 e. The summed E-state index contributed by atoms with van der Waals surface area (Å²) in [4.78, 5) is 13.0. The number of hydrogen-bond donors (Lipinski definition) is 0. The molecule has 1 aliphatic heterocycles. The minimum absolute atomic E-state index is 0.331. The zero-order valence-electron chi connectivity index (χ0n) is 8.17. The first kappa shape index (κ1) is 10.1. The molecule has 1 heterocycles. The molecule has 1 fully saturated rings. The molecule has 72 valence electrons. The van der Waals surface area contributed by atoms with E-state index in [1.165, 1.54) is 7.11 Å². The van der Waals surface area contributed by atoms with Gasteiger partial charge in [-0.05, 0) is 26.4 Å². The van der Waals surface area contributed by atoms with Crippen LogP contribution in [0.5, 0.6) is 0 Å². The molecule has 1 aliphatic rings. The summed E-state index contributed by atoms with van der Waals surface area (Å²) in [5.41, 5.74) is 0. The zero-order chi connectivity index (χ0) is 9.68. The van der Waals surface area contributed by atoms with Crippen LogP contribution in [0, 0.1) is 17.8 Å². The summed E-state index contributed by atoms with van der Waals surface area (Å²) in [6.07, 6.45) is 2.26. The van der Waals surface area contributed by atoms with Crippen LogP contribution >= 0.6 is 0 Å². The molecule has 0 spiro atoms. The molecule has 0 bridgehead atoms. The van der Waals surface area contributed by atoms with Gasteiger partial charge in [-0.15, -0.1) is 0 Å². The van der Waals surface area contributed by atoms with E-state index in [1.54, 1.807) is 0 Å². The van der Waals surface area contributed by atoms with E-state index < -0.39 is 5.97 Å². The van der Waals surface area contributed by atoms with E-state index in [4.69, 9.17) is 0 Å². The van der Waals surface area contributed by atoms with Gasteiger partial charge in [0.05, 0.1) is 7.11 Å². The monoisotopic (exact) mass is 181 g/mol. The number of rotatable bonds is 0. The Kier molecular flexibility index (Phi) is 3.78. The van der Waals surface area contributed by atoms with E-state index >= 15 is 0 Å². The van der Waals surface area contributed by atoms with Gasteiger partial charge >= 0.3 is 5.97 Å². The molecule has 3 heteroatoms. The molecule has 1 atom stereocenters. The molecule has 0 aromatic heterocycles. The summed E-state index contributed by atoms with van der Waals surface area (Å²) in [5.74, 6) is 5.32. The molecule has 0 aromatic rings. The third-order valence-corrected chi connectivity index (χ3v) is 2.19. The van der Waals surface area contributed by atoms with Gasteiger partial charge in [-0.3, -0.25) is 0 Å². The van der Waals surface area contributed by atoms with Crippen molar-refractivity contribution in [2.75, 3.05) is 27.2 Å². The van der Waals surface area contributed by atoms with Gasteiger partial charge < -0.3 is 9.64 Å². The van der Waals surface area contributed by atoms with Crippen molar-refractivity contribution in [2.24, 2.45) is 5.92 Å². The van der Waals surface area contributed by atoms with Crippen LogP contribution in [0.3, 0.4) is 0 Å². The minimum Gasteiger partial charge on any atom is -0.459 e. The Balaban J connectivity index is 2.42. The summed E-state index contributed by atoms with van der Waals surface area (Å²) < 4.78 is 4.44. The Morgan fingerprint density at radius 2 is 2.38 bits per heavy atom. The highest BCUT2D eigenvalue weighted by Gasteiger charge is 2.14. The lowest BCUT2D eigenvalue weighted by atomic mass is 9.99. The average molecular weight is 181 g/mol. The molecule has 3 nitrogen and oxygen atoms in total. The molecule has 0 N–H and O–H groups in total. The maximum Gasteiger partial charge on any atom is 0.384 e. The van der Waals surface area contributed by atoms with Gasteiger partial charge in [0.2, 0.25) is 0 Å². The van der Waals surface area contributed by atoms with Gasteiger partial charge in [0.1, 0.15) is 0 Å². The third kappa shape index (κ3) is 3.47. The molecule has 13 heavy (non-hydrogen) atoms. The SMILES string of the molecule is COC(=O)C#CC1CCCN(C)C1. The number of likely N-dealkylation sites (tertiary alicyclic amines) is 1. The maximum atomic E-state index is 10.7. The summed E-state index contributed by atoms with van der Waals surface area (Å²) >= 11 is 0. The molecule has 0 saturated carbocycles. The Morgan fingerprint density at radius 1 is 1.62 bits per heavy atom. The summed E-state index contributed by atoms with van der Waals surface area (Å²) in [6, 6.07) is 0. The van der Waals surface area contributed by atoms with Crippen molar-refractivity contribution >= 4 is 5.97 Å². The van der Waals surface area contributed by atoms with E-state index in [0.717, 1.165) is 25.9 Å². The fraction of sp³-hybridized carbons (Fsp3) is 0.700. The van der Waals surface area contributed by atoms with Crippen LogP contribution in [0.15, 0.2) is 0 Å².